The Balaban J connectivity index is 1.52. The molecule has 0 radical (unpaired) electrons. The molecule has 2 aliphatic heterocycles. The summed E-state index contributed by atoms with van der Waals surface area (Å²) in [7, 11) is 0. The van der Waals surface area contributed by atoms with Crippen LogP contribution in [0.4, 0.5) is 17.1 Å². The number of nitrogens with one attached hydrogen (secondary N) is 1. The van der Waals surface area contributed by atoms with Gasteiger partial charge >= 0.3 is 0 Å². The quantitative estimate of drug-likeness (QED) is 0.588. The smallest absolute Gasteiger partial charge is 0.282 e. The number of benzene rings is 3. The second-order valence-corrected chi connectivity index (χ2v) is 8.21. The summed E-state index contributed by atoms with van der Waals surface area (Å²) in [5.74, 6) is -0.654. The van der Waals surface area contributed by atoms with Gasteiger partial charge in [-0.25, -0.2) is 4.90 Å². The lowest BCUT2D eigenvalue weighted by atomic mass is 10.0. The van der Waals surface area contributed by atoms with Crippen LogP contribution >= 0.6 is 0 Å². The number of rotatable bonds is 5. The van der Waals surface area contributed by atoms with Crippen molar-refractivity contribution in [3.05, 3.63) is 95.7 Å². The number of carbonyl (C=O) groups is 2. The molecule has 5 rings (SSSR count). The molecule has 5 heteroatoms. The van der Waals surface area contributed by atoms with Crippen LogP contribution in [-0.4, -0.2) is 24.9 Å². The summed E-state index contributed by atoms with van der Waals surface area (Å²) in [4.78, 5) is 30.6. The number of amides is 2. The van der Waals surface area contributed by atoms with Crippen LogP contribution in [0.3, 0.4) is 0 Å². The highest BCUT2D eigenvalue weighted by atomic mass is 16.2. The Morgan fingerprint density at radius 3 is 2.09 bits per heavy atom. The number of hydrogen-bond acceptors (Lipinski definition) is 4. The highest BCUT2D eigenvalue weighted by molar-refractivity contribution is 6.46. The first-order chi connectivity index (χ1) is 15.6. The van der Waals surface area contributed by atoms with Gasteiger partial charge in [0.25, 0.3) is 11.8 Å². The van der Waals surface area contributed by atoms with E-state index in [0.717, 1.165) is 29.9 Å². The highest BCUT2D eigenvalue weighted by Crippen LogP contribution is 2.35. The van der Waals surface area contributed by atoms with Gasteiger partial charge in [-0.3, -0.25) is 9.59 Å². The Labute approximate surface area is 188 Å². The normalized spacial score (nSPS) is 16.3. The number of para-hydroxylation sites is 1. The van der Waals surface area contributed by atoms with E-state index in [1.165, 1.54) is 23.4 Å². The van der Waals surface area contributed by atoms with Gasteiger partial charge < -0.3 is 10.2 Å². The first-order valence-electron chi connectivity index (χ1n) is 11.0. The lowest BCUT2D eigenvalue weighted by Gasteiger charge is -2.19. The van der Waals surface area contributed by atoms with Crippen LogP contribution in [0.5, 0.6) is 0 Å². The van der Waals surface area contributed by atoms with Crippen molar-refractivity contribution in [2.24, 2.45) is 0 Å². The number of aryl methyl sites for hydroxylation is 1. The summed E-state index contributed by atoms with van der Waals surface area (Å²) < 4.78 is 0. The van der Waals surface area contributed by atoms with Crippen LogP contribution in [-0.2, 0) is 9.59 Å². The molecule has 3 aromatic rings. The second kappa shape index (κ2) is 8.35. The largest absolute Gasteiger partial charge is 0.372 e. The van der Waals surface area contributed by atoms with Gasteiger partial charge in [0.1, 0.15) is 5.70 Å². The molecule has 5 nitrogen and oxygen atoms in total. The maximum Gasteiger partial charge on any atom is 0.282 e. The van der Waals surface area contributed by atoms with Gasteiger partial charge in [-0.15, -0.1) is 0 Å². The van der Waals surface area contributed by atoms with Crippen LogP contribution in [0.2, 0.25) is 0 Å². The Bertz CT molecular complexity index is 1190. The SMILES string of the molecule is Cc1ccccc1N1C(=O)C(Nc2ccc(N3CCCC3)cc2)=C(c2ccccc2)C1=O. The molecule has 1 N–H and O–H groups in total. The number of hydrogen-bond donors (Lipinski definition) is 1. The standard InChI is InChI=1S/C27H25N3O2/c1-19-9-5-6-12-23(19)30-26(31)24(20-10-3-2-4-11-20)25(27(30)32)28-21-13-15-22(16-14-21)29-17-7-8-18-29/h2-6,9-16,28H,7-8,17-18H2,1H3. The second-order valence-electron chi connectivity index (χ2n) is 8.21. The van der Waals surface area contributed by atoms with Gasteiger partial charge in [0, 0.05) is 24.5 Å². The van der Waals surface area contributed by atoms with E-state index in [1.807, 2.05) is 73.7 Å². The van der Waals surface area contributed by atoms with Gasteiger partial charge in [0.15, 0.2) is 0 Å². The molecule has 160 valence electrons. The fraction of sp³-hybridized carbons (Fsp3) is 0.185. The molecule has 1 fully saturated rings. The van der Waals surface area contributed by atoms with Gasteiger partial charge in [0.05, 0.1) is 11.3 Å². The van der Waals surface area contributed by atoms with E-state index >= 15 is 0 Å². The number of anilines is 3. The van der Waals surface area contributed by atoms with Crippen molar-refractivity contribution in [2.75, 3.05) is 28.2 Å². The van der Waals surface area contributed by atoms with E-state index in [2.05, 4.69) is 22.3 Å². The summed E-state index contributed by atoms with van der Waals surface area (Å²) in [6, 6.07) is 24.9. The molecule has 0 bridgehead atoms. The lowest BCUT2D eigenvalue weighted by Crippen LogP contribution is -2.33. The van der Waals surface area contributed by atoms with E-state index in [9.17, 15) is 9.59 Å². The van der Waals surface area contributed by atoms with Crippen molar-refractivity contribution in [3.8, 4) is 0 Å². The van der Waals surface area contributed by atoms with Crippen molar-refractivity contribution >= 4 is 34.4 Å². The predicted octanol–water partition coefficient (Wildman–Crippen LogP) is 4.99. The molecule has 2 amide bonds. The average Bonchev–Trinajstić information content (AvgIpc) is 3.43. The Hall–Kier alpha value is -3.86. The lowest BCUT2D eigenvalue weighted by molar-refractivity contribution is -0.120. The minimum absolute atomic E-state index is 0.304. The third-order valence-corrected chi connectivity index (χ3v) is 6.11. The van der Waals surface area contributed by atoms with Crippen molar-refractivity contribution in [1.82, 2.24) is 0 Å². The molecule has 0 spiro atoms. The first kappa shape index (κ1) is 20.1. The van der Waals surface area contributed by atoms with Crippen molar-refractivity contribution in [1.29, 1.82) is 0 Å². The summed E-state index contributed by atoms with van der Waals surface area (Å²) >= 11 is 0. The van der Waals surface area contributed by atoms with Crippen molar-refractivity contribution < 1.29 is 9.59 Å². The molecule has 1 saturated heterocycles. The van der Waals surface area contributed by atoms with Gasteiger partial charge in [-0.2, -0.15) is 0 Å². The van der Waals surface area contributed by atoms with Gasteiger partial charge in [-0.05, 0) is 61.2 Å². The van der Waals surface area contributed by atoms with Gasteiger partial charge in [-0.1, -0.05) is 48.5 Å². The Morgan fingerprint density at radius 2 is 1.41 bits per heavy atom. The highest BCUT2D eigenvalue weighted by Gasteiger charge is 2.40. The zero-order chi connectivity index (χ0) is 22.1. The van der Waals surface area contributed by atoms with E-state index in [0.29, 0.717) is 17.0 Å². The van der Waals surface area contributed by atoms with Crippen LogP contribution in [0.1, 0.15) is 24.0 Å². The fourth-order valence-corrected chi connectivity index (χ4v) is 4.43. The minimum atomic E-state index is -0.341. The Morgan fingerprint density at radius 1 is 0.750 bits per heavy atom. The molecule has 32 heavy (non-hydrogen) atoms. The molecular formula is C27H25N3O2. The third-order valence-electron chi connectivity index (χ3n) is 6.11. The van der Waals surface area contributed by atoms with Crippen molar-refractivity contribution in [3.63, 3.8) is 0 Å². The molecule has 2 aliphatic rings. The Kier molecular flexibility index (Phi) is 5.23. The summed E-state index contributed by atoms with van der Waals surface area (Å²) in [5.41, 5.74) is 4.86. The topological polar surface area (TPSA) is 52.7 Å². The monoisotopic (exact) mass is 423 g/mol. The summed E-state index contributed by atoms with van der Waals surface area (Å²) in [6.07, 6.45) is 2.44. The third kappa shape index (κ3) is 3.56. The fourth-order valence-electron chi connectivity index (χ4n) is 4.43. The maximum atomic E-state index is 13.5. The molecule has 3 aromatic carbocycles. The zero-order valence-corrected chi connectivity index (χ0v) is 18.0. The molecular weight excluding hydrogens is 398 g/mol. The molecule has 0 saturated carbocycles. The number of nitrogens with zero attached hydrogens (tertiary/aromatic N) is 2. The number of imide groups is 1. The van der Waals surface area contributed by atoms with Crippen molar-refractivity contribution in [2.45, 2.75) is 19.8 Å². The first-order valence-corrected chi connectivity index (χ1v) is 11.0. The van der Waals surface area contributed by atoms with E-state index < -0.39 is 0 Å². The molecule has 0 aliphatic carbocycles. The average molecular weight is 424 g/mol. The van der Waals surface area contributed by atoms with Crippen LogP contribution in [0.25, 0.3) is 5.57 Å². The van der Waals surface area contributed by atoms with E-state index in [1.54, 1.807) is 0 Å². The number of carbonyl (C=O) groups excluding carboxylic acids is 2. The summed E-state index contributed by atoms with van der Waals surface area (Å²) in [5, 5.41) is 3.26. The van der Waals surface area contributed by atoms with Crippen LogP contribution in [0, 0.1) is 6.92 Å². The minimum Gasteiger partial charge on any atom is -0.372 e. The molecule has 0 atom stereocenters. The van der Waals surface area contributed by atoms with Gasteiger partial charge in [0.2, 0.25) is 0 Å². The zero-order valence-electron chi connectivity index (χ0n) is 18.0. The maximum absolute atomic E-state index is 13.5. The summed E-state index contributed by atoms with van der Waals surface area (Å²) in [6.45, 7) is 4.06. The van der Waals surface area contributed by atoms with Crippen LogP contribution < -0.4 is 15.1 Å². The van der Waals surface area contributed by atoms with E-state index in [4.69, 9.17) is 0 Å². The van der Waals surface area contributed by atoms with E-state index in [-0.39, 0.29) is 11.8 Å². The van der Waals surface area contributed by atoms with Crippen LogP contribution in [0.15, 0.2) is 84.6 Å². The molecule has 0 aromatic heterocycles. The predicted molar refractivity (Wildman–Crippen MR) is 129 cm³/mol. The molecule has 0 unspecified atom stereocenters. The molecule has 2 heterocycles.